The van der Waals surface area contributed by atoms with Gasteiger partial charge < -0.3 is 18.9 Å². The molecule has 0 bridgehead atoms. The topological polar surface area (TPSA) is 54.0 Å². The molecule has 0 aliphatic rings. The van der Waals surface area contributed by atoms with Crippen LogP contribution in [0.2, 0.25) is 0 Å². The number of carbonyl (C=O) groups excluding carboxylic acids is 1. The second-order valence-corrected chi connectivity index (χ2v) is 7.35. The van der Waals surface area contributed by atoms with Crippen LogP contribution >= 0.6 is 0 Å². The van der Waals surface area contributed by atoms with Crippen LogP contribution in [-0.4, -0.2) is 25.8 Å². The van der Waals surface area contributed by atoms with Crippen LogP contribution in [0.15, 0.2) is 12.1 Å². The molecule has 0 atom stereocenters. The van der Waals surface area contributed by atoms with E-state index >= 15 is 0 Å². The maximum atomic E-state index is 12.0. The second-order valence-electron chi connectivity index (χ2n) is 7.35. The van der Waals surface area contributed by atoms with E-state index in [4.69, 9.17) is 18.9 Å². The van der Waals surface area contributed by atoms with Crippen LogP contribution in [-0.2, 0) is 16.1 Å². The highest BCUT2D eigenvalue weighted by Crippen LogP contribution is 2.36. The Balaban J connectivity index is 3.09. The average Bonchev–Trinajstić information content (AvgIpc) is 2.41. The Labute approximate surface area is 138 Å². The Morgan fingerprint density at radius 2 is 1.43 bits per heavy atom. The highest BCUT2D eigenvalue weighted by molar-refractivity contribution is 5.75. The number of benzene rings is 1. The second kappa shape index (κ2) is 7.11. The quantitative estimate of drug-likeness (QED) is 0.767. The molecule has 1 aromatic carbocycles. The van der Waals surface area contributed by atoms with Crippen molar-refractivity contribution in [1.82, 2.24) is 0 Å². The van der Waals surface area contributed by atoms with Crippen LogP contribution in [0.3, 0.4) is 0 Å². The summed E-state index contributed by atoms with van der Waals surface area (Å²) < 4.78 is 22.1. The number of hydrogen-bond acceptors (Lipinski definition) is 5. The van der Waals surface area contributed by atoms with Crippen molar-refractivity contribution in [3.05, 3.63) is 17.7 Å². The summed E-state index contributed by atoms with van der Waals surface area (Å²) in [5.41, 5.74) is -0.222. The molecule has 0 fully saturated rings. The third kappa shape index (κ3) is 5.66. The van der Waals surface area contributed by atoms with Crippen LogP contribution in [0, 0.1) is 5.41 Å². The van der Waals surface area contributed by atoms with E-state index in [0.717, 1.165) is 0 Å². The molecule has 0 saturated heterocycles. The van der Waals surface area contributed by atoms with E-state index in [-0.39, 0.29) is 18.2 Å². The highest BCUT2D eigenvalue weighted by Gasteiger charge is 2.25. The SMILES string of the molecule is COc1cc(OC(C)(C)C)cc(OC)c1COC(=O)C(C)(C)C. The fourth-order valence-corrected chi connectivity index (χ4v) is 1.87. The van der Waals surface area contributed by atoms with E-state index in [0.29, 0.717) is 22.8 Å². The first-order valence-corrected chi connectivity index (χ1v) is 7.59. The van der Waals surface area contributed by atoms with Crippen LogP contribution in [0.1, 0.15) is 47.1 Å². The van der Waals surface area contributed by atoms with Crippen molar-refractivity contribution in [2.45, 2.75) is 53.8 Å². The smallest absolute Gasteiger partial charge is 0.311 e. The molecule has 1 rings (SSSR count). The van der Waals surface area contributed by atoms with Crippen LogP contribution < -0.4 is 14.2 Å². The highest BCUT2D eigenvalue weighted by atomic mass is 16.5. The first kappa shape index (κ1) is 19.1. The molecule has 0 N–H and O–H groups in total. The molecule has 0 saturated carbocycles. The number of ether oxygens (including phenoxy) is 4. The van der Waals surface area contributed by atoms with E-state index in [1.807, 2.05) is 41.5 Å². The van der Waals surface area contributed by atoms with Gasteiger partial charge in [0.1, 0.15) is 29.5 Å². The molecule has 0 amide bonds. The van der Waals surface area contributed by atoms with Gasteiger partial charge in [0.15, 0.2) is 0 Å². The molecule has 23 heavy (non-hydrogen) atoms. The van der Waals surface area contributed by atoms with Gasteiger partial charge in [-0.3, -0.25) is 4.79 Å². The lowest BCUT2D eigenvalue weighted by atomic mass is 9.97. The molecule has 0 unspecified atom stereocenters. The molecule has 0 aromatic heterocycles. The van der Waals surface area contributed by atoms with Crippen LogP contribution in [0.25, 0.3) is 0 Å². The summed E-state index contributed by atoms with van der Waals surface area (Å²) in [4.78, 5) is 12.0. The molecule has 0 aliphatic carbocycles. The Morgan fingerprint density at radius 1 is 0.957 bits per heavy atom. The lowest BCUT2D eigenvalue weighted by Crippen LogP contribution is -2.23. The number of rotatable bonds is 5. The van der Waals surface area contributed by atoms with E-state index in [2.05, 4.69) is 0 Å². The lowest BCUT2D eigenvalue weighted by molar-refractivity contribution is -0.154. The van der Waals surface area contributed by atoms with Crippen molar-refractivity contribution in [3.8, 4) is 17.2 Å². The largest absolute Gasteiger partial charge is 0.496 e. The summed E-state index contributed by atoms with van der Waals surface area (Å²) in [6, 6.07) is 3.54. The van der Waals surface area contributed by atoms with Gasteiger partial charge in [-0.1, -0.05) is 0 Å². The summed E-state index contributed by atoms with van der Waals surface area (Å²) in [5, 5.41) is 0. The summed E-state index contributed by atoms with van der Waals surface area (Å²) in [6.07, 6.45) is 0. The van der Waals surface area contributed by atoms with Gasteiger partial charge in [-0.25, -0.2) is 0 Å². The monoisotopic (exact) mass is 324 g/mol. The van der Waals surface area contributed by atoms with Gasteiger partial charge in [0.05, 0.1) is 25.2 Å². The van der Waals surface area contributed by atoms with Crippen LogP contribution in [0.4, 0.5) is 0 Å². The van der Waals surface area contributed by atoms with Gasteiger partial charge in [-0.15, -0.1) is 0 Å². The Hall–Kier alpha value is -1.91. The predicted octanol–water partition coefficient (Wildman–Crippen LogP) is 3.97. The molecule has 0 radical (unpaired) electrons. The lowest BCUT2D eigenvalue weighted by Gasteiger charge is -2.23. The summed E-state index contributed by atoms with van der Waals surface area (Å²) in [6.45, 7) is 11.4. The first-order chi connectivity index (χ1) is 10.5. The molecule has 1 aromatic rings. The zero-order chi connectivity index (χ0) is 17.8. The number of methoxy groups -OCH3 is 2. The molecule has 5 heteroatoms. The zero-order valence-corrected chi connectivity index (χ0v) is 15.4. The molecule has 0 aliphatic heterocycles. The first-order valence-electron chi connectivity index (χ1n) is 7.59. The molecule has 0 heterocycles. The van der Waals surface area contributed by atoms with Crippen molar-refractivity contribution in [2.24, 2.45) is 5.41 Å². The van der Waals surface area contributed by atoms with Crippen molar-refractivity contribution < 1.29 is 23.7 Å². The fourth-order valence-electron chi connectivity index (χ4n) is 1.87. The Kier molecular flexibility index (Phi) is 5.92. The number of esters is 1. The van der Waals surface area contributed by atoms with E-state index in [1.165, 1.54) is 0 Å². The van der Waals surface area contributed by atoms with Crippen LogP contribution in [0.5, 0.6) is 17.2 Å². The molecular formula is C18H28O5. The third-order valence-electron chi connectivity index (χ3n) is 2.97. The normalized spacial score (nSPS) is 11.8. The number of carbonyl (C=O) groups is 1. The third-order valence-corrected chi connectivity index (χ3v) is 2.97. The van der Waals surface area contributed by atoms with Crippen molar-refractivity contribution >= 4 is 5.97 Å². The summed E-state index contributed by atoms with van der Waals surface area (Å²) in [5.74, 6) is 1.48. The number of hydrogen-bond donors (Lipinski definition) is 0. The minimum absolute atomic E-state index is 0.0816. The van der Waals surface area contributed by atoms with Gasteiger partial charge >= 0.3 is 5.97 Å². The minimum atomic E-state index is -0.560. The van der Waals surface area contributed by atoms with E-state index in [9.17, 15) is 4.79 Å². The maximum absolute atomic E-state index is 12.0. The van der Waals surface area contributed by atoms with Gasteiger partial charge in [0.2, 0.25) is 0 Å². The van der Waals surface area contributed by atoms with E-state index in [1.54, 1.807) is 26.4 Å². The van der Waals surface area contributed by atoms with Crippen molar-refractivity contribution in [3.63, 3.8) is 0 Å². The average molecular weight is 324 g/mol. The van der Waals surface area contributed by atoms with Crippen molar-refractivity contribution in [2.75, 3.05) is 14.2 Å². The maximum Gasteiger partial charge on any atom is 0.311 e. The van der Waals surface area contributed by atoms with Gasteiger partial charge in [0.25, 0.3) is 0 Å². The van der Waals surface area contributed by atoms with Crippen molar-refractivity contribution in [1.29, 1.82) is 0 Å². The molecule has 5 nitrogen and oxygen atoms in total. The standard InChI is InChI=1S/C18H28O5/c1-17(2,3)16(19)22-11-13-14(20-7)9-12(10-15(13)21-8)23-18(4,5)6/h9-10H,11H2,1-8H3. The predicted molar refractivity (Wildman–Crippen MR) is 89.2 cm³/mol. The van der Waals surface area contributed by atoms with Gasteiger partial charge in [0, 0.05) is 12.1 Å². The summed E-state index contributed by atoms with van der Waals surface area (Å²) >= 11 is 0. The Morgan fingerprint density at radius 3 is 1.78 bits per heavy atom. The minimum Gasteiger partial charge on any atom is -0.496 e. The Bertz CT molecular complexity index is 525. The fraction of sp³-hybridized carbons (Fsp3) is 0.611. The summed E-state index contributed by atoms with van der Waals surface area (Å²) in [7, 11) is 3.12. The van der Waals surface area contributed by atoms with Gasteiger partial charge in [-0.2, -0.15) is 0 Å². The molecule has 130 valence electrons. The zero-order valence-electron chi connectivity index (χ0n) is 15.4. The van der Waals surface area contributed by atoms with E-state index < -0.39 is 5.41 Å². The molecule has 0 spiro atoms. The molecular weight excluding hydrogens is 296 g/mol. The van der Waals surface area contributed by atoms with Gasteiger partial charge in [-0.05, 0) is 41.5 Å².